The zero-order chi connectivity index (χ0) is 16.2. The van der Waals surface area contributed by atoms with Crippen LogP contribution in [0.15, 0.2) is 59.2 Å². The smallest absolute Gasteiger partial charge is 0.200 e. The van der Waals surface area contributed by atoms with E-state index in [1.54, 1.807) is 0 Å². The summed E-state index contributed by atoms with van der Waals surface area (Å²) >= 11 is 0. The molecule has 0 aromatic heterocycles. The Morgan fingerprint density at radius 2 is 1.96 bits per heavy atom. The third-order valence-electron chi connectivity index (χ3n) is 4.23. The van der Waals surface area contributed by atoms with Gasteiger partial charge in [0.05, 0.1) is 0 Å². The van der Waals surface area contributed by atoms with Crippen LogP contribution in [0.25, 0.3) is 6.08 Å². The molecule has 0 amide bonds. The molecule has 0 saturated heterocycles. The number of aliphatic imine (C=N–C) groups is 1. The van der Waals surface area contributed by atoms with Crippen LogP contribution in [0.5, 0.6) is 0 Å². The van der Waals surface area contributed by atoms with E-state index in [0.29, 0.717) is 5.96 Å². The van der Waals surface area contributed by atoms with Gasteiger partial charge in [-0.3, -0.25) is 0 Å². The Hall–Kier alpha value is -2.55. The monoisotopic (exact) mass is 305 g/mol. The van der Waals surface area contributed by atoms with Crippen molar-refractivity contribution in [2.75, 3.05) is 11.4 Å². The predicted molar refractivity (Wildman–Crippen MR) is 98.6 cm³/mol. The Labute approximate surface area is 138 Å². The molecule has 0 heterocycles. The van der Waals surface area contributed by atoms with Gasteiger partial charge in [0, 0.05) is 24.4 Å². The average molecular weight is 305 g/mol. The van der Waals surface area contributed by atoms with E-state index in [-0.39, 0.29) is 0 Å². The second-order valence-corrected chi connectivity index (χ2v) is 5.75. The Morgan fingerprint density at radius 1 is 1.13 bits per heavy atom. The molecular weight excluding hydrogens is 282 g/mol. The Bertz CT molecular complexity index is 759. The maximum Gasteiger partial charge on any atom is 0.200 e. The van der Waals surface area contributed by atoms with Crippen LogP contribution in [-0.4, -0.2) is 12.5 Å². The summed E-state index contributed by atoms with van der Waals surface area (Å²) in [6, 6.07) is 16.9. The van der Waals surface area contributed by atoms with Crippen molar-refractivity contribution in [1.29, 1.82) is 0 Å². The molecule has 1 aliphatic carbocycles. The van der Waals surface area contributed by atoms with Gasteiger partial charge in [0.1, 0.15) is 0 Å². The van der Waals surface area contributed by atoms with Gasteiger partial charge >= 0.3 is 0 Å². The molecule has 0 radical (unpaired) electrons. The van der Waals surface area contributed by atoms with Gasteiger partial charge in [-0.25, -0.2) is 4.99 Å². The number of anilines is 1. The summed E-state index contributed by atoms with van der Waals surface area (Å²) in [6.45, 7) is 5.05. The summed E-state index contributed by atoms with van der Waals surface area (Å²) < 4.78 is 0. The lowest BCUT2D eigenvalue weighted by atomic mass is 10.1. The predicted octanol–water partition coefficient (Wildman–Crippen LogP) is 3.99. The van der Waals surface area contributed by atoms with Crippen LogP contribution in [0, 0.1) is 0 Å². The van der Waals surface area contributed by atoms with Crippen molar-refractivity contribution in [1.82, 2.24) is 0 Å². The maximum absolute atomic E-state index is 6.30. The first-order chi connectivity index (χ1) is 11.2. The number of rotatable bonds is 4. The number of hydrogen-bond donors (Lipinski definition) is 1. The highest BCUT2D eigenvalue weighted by molar-refractivity contribution is 5.96. The molecule has 2 aromatic rings. The van der Waals surface area contributed by atoms with E-state index in [9.17, 15) is 0 Å². The van der Waals surface area contributed by atoms with Gasteiger partial charge in [-0.2, -0.15) is 0 Å². The summed E-state index contributed by atoms with van der Waals surface area (Å²) in [5.74, 6) is 0.555. The van der Waals surface area contributed by atoms with E-state index < -0.39 is 0 Å². The van der Waals surface area contributed by atoms with Crippen molar-refractivity contribution in [3.05, 3.63) is 70.9 Å². The lowest BCUT2D eigenvalue weighted by Gasteiger charge is -2.22. The van der Waals surface area contributed by atoms with E-state index >= 15 is 0 Å². The highest BCUT2D eigenvalue weighted by atomic mass is 15.3. The molecule has 0 fully saturated rings. The van der Waals surface area contributed by atoms with Crippen LogP contribution >= 0.6 is 0 Å². The van der Waals surface area contributed by atoms with Gasteiger partial charge in [-0.05, 0) is 48.2 Å². The van der Waals surface area contributed by atoms with E-state index in [1.807, 2.05) is 0 Å². The zero-order valence-electron chi connectivity index (χ0n) is 13.8. The molecule has 0 atom stereocenters. The van der Waals surface area contributed by atoms with Gasteiger partial charge in [-0.1, -0.05) is 43.3 Å². The second-order valence-electron chi connectivity index (χ2n) is 5.75. The average Bonchev–Trinajstić information content (AvgIpc) is 2.98. The number of nitrogens with zero attached hydrogens (tertiary/aromatic N) is 2. The third kappa shape index (κ3) is 3.29. The number of benzene rings is 2. The first kappa shape index (κ1) is 15.3. The Morgan fingerprint density at radius 3 is 2.70 bits per heavy atom. The molecule has 2 N–H and O–H groups in total. The fourth-order valence-corrected chi connectivity index (χ4v) is 2.96. The quantitative estimate of drug-likeness (QED) is 0.685. The minimum Gasteiger partial charge on any atom is -0.369 e. The van der Waals surface area contributed by atoms with E-state index in [0.717, 1.165) is 30.8 Å². The minimum atomic E-state index is 0.555. The molecule has 0 unspecified atom stereocenters. The lowest BCUT2D eigenvalue weighted by molar-refractivity contribution is 1.02. The van der Waals surface area contributed by atoms with Crippen LogP contribution < -0.4 is 10.6 Å². The van der Waals surface area contributed by atoms with E-state index in [1.165, 1.54) is 16.7 Å². The van der Waals surface area contributed by atoms with Crippen molar-refractivity contribution in [2.45, 2.75) is 26.7 Å². The first-order valence-corrected chi connectivity index (χ1v) is 8.20. The summed E-state index contributed by atoms with van der Waals surface area (Å²) in [4.78, 5) is 6.73. The van der Waals surface area contributed by atoms with E-state index in [4.69, 9.17) is 5.73 Å². The number of fused-ring (bicyclic) bond motifs is 1. The maximum atomic E-state index is 6.30. The fraction of sp³-hybridized carbons (Fsp3) is 0.250. The number of nitrogens with two attached hydrogens (primary N) is 1. The highest BCUT2D eigenvalue weighted by Crippen LogP contribution is 2.25. The van der Waals surface area contributed by atoms with Crippen LogP contribution in [0.4, 0.5) is 5.69 Å². The van der Waals surface area contributed by atoms with Crippen LogP contribution in [0.1, 0.15) is 30.5 Å². The van der Waals surface area contributed by atoms with Crippen LogP contribution in [0.2, 0.25) is 0 Å². The fourth-order valence-electron chi connectivity index (χ4n) is 2.96. The van der Waals surface area contributed by atoms with Gasteiger partial charge < -0.3 is 10.6 Å². The second kappa shape index (κ2) is 6.69. The first-order valence-electron chi connectivity index (χ1n) is 8.20. The van der Waals surface area contributed by atoms with Gasteiger partial charge in [0.15, 0.2) is 0 Å². The van der Waals surface area contributed by atoms with Gasteiger partial charge in [0.2, 0.25) is 5.96 Å². The number of allylic oxidation sites excluding steroid dienone is 1. The Kier molecular flexibility index (Phi) is 4.47. The van der Waals surface area contributed by atoms with Crippen molar-refractivity contribution in [2.24, 2.45) is 10.7 Å². The van der Waals surface area contributed by atoms with Gasteiger partial charge in [-0.15, -0.1) is 0 Å². The van der Waals surface area contributed by atoms with Crippen molar-refractivity contribution < 1.29 is 0 Å². The number of hydrogen-bond acceptors (Lipinski definition) is 1. The van der Waals surface area contributed by atoms with Crippen molar-refractivity contribution >= 4 is 17.7 Å². The highest BCUT2D eigenvalue weighted by Gasteiger charge is 2.14. The molecule has 1 aliphatic rings. The molecule has 0 bridgehead atoms. The van der Waals surface area contributed by atoms with Gasteiger partial charge in [0.25, 0.3) is 0 Å². The standard InChI is InChI=1S/C20H23N3/c1-3-15-8-7-11-19(12-15)23(4-2)20(21)22-18-13-16-9-5-6-10-17(16)14-18/h5-13H,3-4,14H2,1-2H3,(H2,21,22). The zero-order valence-corrected chi connectivity index (χ0v) is 13.8. The normalized spacial score (nSPS) is 13.7. The van der Waals surface area contributed by atoms with Crippen LogP contribution in [-0.2, 0) is 12.8 Å². The molecule has 0 aliphatic heterocycles. The number of aryl methyl sites for hydroxylation is 1. The number of guanidine groups is 1. The molecule has 0 spiro atoms. The third-order valence-corrected chi connectivity index (χ3v) is 4.23. The SMILES string of the molecule is CCc1cccc(N(CC)C(N)=NC2=Cc3ccccc3C2)c1. The molecule has 118 valence electrons. The van der Waals surface area contributed by atoms with Crippen molar-refractivity contribution in [3.8, 4) is 0 Å². The van der Waals surface area contributed by atoms with Crippen LogP contribution in [0.3, 0.4) is 0 Å². The lowest BCUT2D eigenvalue weighted by Crippen LogP contribution is -2.37. The summed E-state index contributed by atoms with van der Waals surface area (Å²) in [5, 5.41) is 0. The summed E-state index contributed by atoms with van der Waals surface area (Å²) in [5.41, 5.74) is 12.3. The largest absolute Gasteiger partial charge is 0.369 e. The summed E-state index contributed by atoms with van der Waals surface area (Å²) in [6.07, 6.45) is 3.99. The summed E-state index contributed by atoms with van der Waals surface area (Å²) in [7, 11) is 0. The minimum absolute atomic E-state index is 0.555. The molecule has 23 heavy (non-hydrogen) atoms. The van der Waals surface area contributed by atoms with E-state index in [2.05, 4.69) is 78.3 Å². The molecular formula is C20H23N3. The molecule has 0 saturated carbocycles. The molecule has 3 nitrogen and oxygen atoms in total. The molecule has 2 aromatic carbocycles. The topological polar surface area (TPSA) is 41.6 Å². The van der Waals surface area contributed by atoms with Crippen molar-refractivity contribution in [3.63, 3.8) is 0 Å². The Balaban J connectivity index is 1.84. The molecule has 3 rings (SSSR count). The molecule has 3 heteroatoms.